The van der Waals surface area contributed by atoms with Gasteiger partial charge in [0.15, 0.2) is 0 Å². The number of piperidine rings is 1. The summed E-state index contributed by atoms with van der Waals surface area (Å²) in [6.45, 7) is 5.31. The lowest BCUT2D eigenvalue weighted by Crippen LogP contribution is -2.41. The van der Waals surface area contributed by atoms with E-state index in [9.17, 15) is 0 Å². The fourth-order valence-corrected chi connectivity index (χ4v) is 2.80. The van der Waals surface area contributed by atoms with Gasteiger partial charge in [-0.05, 0) is 56.1 Å². The van der Waals surface area contributed by atoms with E-state index in [1.165, 1.54) is 24.9 Å². The molecule has 3 heteroatoms. The molecule has 2 heterocycles. The lowest BCUT2D eigenvalue weighted by atomic mass is 9.85. The van der Waals surface area contributed by atoms with Crippen LogP contribution >= 0.6 is 0 Å². The molecule has 1 aromatic heterocycles. The highest BCUT2D eigenvalue weighted by Crippen LogP contribution is 2.34. The summed E-state index contributed by atoms with van der Waals surface area (Å²) in [7, 11) is 0. The Morgan fingerprint density at radius 3 is 2.81 bits per heavy atom. The number of nitrogens with two attached hydrogens (primary N) is 1. The van der Waals surface area contributed by atoms with Crippen molar-refractivity contribution < 1.29 is 0 Å². The minimum Gasteiger partial charge on any atom is -0.330 e. The monoisotopic (exact) mass is 219 g/mol. The SMILES string of the molecule is CCN1CCCC(CN)C1c1ccncc1. The Bertz CT molecular complexity index is 300. The van der Waals surface area contributed by atoms with E-state index < -0.39 is 0 Å². The van der Waals surface area contributed by atoms with Crippen molar-refractivity contribution >= 4 is 0 Å². The molecule has 0 amide bonds. The number of rotatable bonds is 3. The topological polar surface area (TPSA) is 42.1 Å². The molecular weight excluding hydrogens is 198 g/mol. The first kappa shape index (κ1) is 11.6. The molecule has 2 N–H and O–H groups in total. The van der Waals surface area contributed by atoms with E-state index in [0.717, 1.165) is 13.1 Å². The molecule has 1 aliphatic rings. The van der Waals surface area contributed by atoms with Crippen molar-refractivity contribution in [3.8, 4) is 0 Å². The third kappa shape index (κ3) is 2.25. The van der Waals surface area contributed by atoms with Crippen LogP contribution in [-0.4, -0.2) is 29.5 Å². The van der Waals surface area contributed by atoms with E-state index in [2.05, 4.69) is 28.9 Å². The van der Waals surface area contributed by atoms with Gasteiger partial charge in [-0.2, -0.15) is 0 Å². The van der Waals surface area contributed by atoms with E-state index in [4.69, 9.17) is 5.73 Å². The summed E-state index contributed by atoms with van der Waals surface area (Å²) in [6, 6.07) is 4.74. The van der Waals surface area contributed by atoms with Gasteiger partial charge < -0.3 is 5.73 Å². The Morgan fingerprint density at radius 2 is 2.19 bits per heavy atom. The molecule has 2 atom stereocenters. The zero-order chi connectivity index (χ0) is 11.4. The summed E-state index contributed by atoms with van der Waals surface area (Å²) in [5, 5.41) is 0. The first-order valence-corrected chi connectivity index (χ1v) is 6.20. The maximum Gasteiger partial charge on any atom is 0.0389 e. The van der Waals surface area contributed by atoms with E-state index in [1.807, 2.05) is 12.4 Å². The fourth-order valence-electron chi connectivity index (χ4n) is 2.80. The van der Waals surface area contributed by atoms with Gasteiger partial charge in [0, 0.05) is 18.4 Å². The first-order valence-electron chi connectivity index (χ1n) is 6.20. The molecule has 0 saturated carbocycles. The average molecular weight is 219 g/mol. The van der Waals surface area contributed by atoms with Crippen molar-refractivity contribution in [3.05, 3.63) is 30.1 Å². The second kappa shape index (κ2) is 5.41. The molecule has 0 spiro atoms. The molecule has 2 rings (SSSR count). The van der Waals surface area contributed by atoms with E-state index in [0.29, 0.717) is 12.0 Å². The van der Waals surface area contributed by atoms with Gasteiger partial charge in [0.2, 0.25) is 0 Å². The van der Waals surface area contributed by atoms with Crippen molar-refractivity contribution in [1.29, 1.82) is 0 Å². The lowest BCUT2D eigenvalue weighted by molar-refractivity contribution is 0.102. The summed E-state index contributed by atoms with van der Waals surface area (Å²) in [6.07, 6.45) is 6.29. The summed E-state index contributed by atoms with van der Waals surface area (Å²) < 4.78 is 0. The smallest absolute Gasteiger partial charge is 0.0389 e. The molecular formula is C13H21N3. The number of hydrogen-bond acceptors (Lipinski definition) is 3. The third-order valence-corrected chi connectivity index (χ3v) is 3.62. The molecule has 0 aromatic carbocycles. The molecule has 2 unspecified atom stereocenters. The molecule has 1 fully saturated rings. The van der Waals surface area contributed by atoms with E-state index in [-0.39, 0.29) is 0 Å². The van der Waals surface area contributed by atoms with Crippen LogP contribution in [-0.2, 0) is 0 Å². The van der Waals surface area contributed by atoms with Gasteiger partial charge in [-0.25, -0.2) is 0 Å². The minimum atomic E-state index is 0.492. The van der Waals surface area contributed by atoms with Crippen LogP contribution in [0.25, 0.3) is 0 Å². The van der Waals surface area contributed by atoms with Crippen molar-refractivity contribution in [1.82, 2.24) is 9.88 Å². The molecule has 0 aliphatic carbocycles. The summed E-state index contributed by atoms with van der Waals surface area (Å²) in [4.78, 5) is 6.63. The van der Waals surface area contributed by atoms with Crippen LogP contribution in [0, 0.1) is 5.92 Å². The fraction of sp³-hybridized carbons (Fsp3) is 0.615. The zero-order valence-electron chi connectivity index (χ0n) is 9.97. The van der Waals surface area contributed by atoms with Crippen molar-refractivity contribution in [2.45, 2.75) is 25.8 Å². The molecule has 1 aliphatic heterocycles. The largest absolute Gasteiger partial charge is 0.330 e. The maximum atomic E-state index is 5.91. The van der Waals surface area contributed by atoms with Crippen LogP contribution in [0.5, 0.6) is 0 Å². The average Bonchev–Trinajstić information content (AvgIpc) is 2.38. The second-order valence-corrected chi connectivity index (χ2v) is 4.49. The Labute approximate surface area is 97.7 Å². The number of nitrogens with zero attached hydrogens (tertiary/aromatic N) is 2. The van der Waals surface area contributed by atoms with Crippen LogP contribution in [0.2, 0.25) is 0 Å². The van der Waals surface area contributed by atoms with Crippen LogP contribution in [0.1, 0.15) is 31.4 Å². The Morgan fingerprint density at radius 1 is 1.44 bits per heavy atom. The highest BCUT2D eigenvalue weighted by atomic mass is 15.2. The summed E-state index contributed by atoms with van der Waals surface area (Å²) in [5.74, 6) is 0.594. The number of likely N-dealkylation sites (tertiary alicyclic amines) is 1. The van der Waals surface area contributed by atoms with Gasteiger partial charge in [-0.1, -0.05) is 6.92 Å². The molecule has 1 saturated heterocycles. The second-order valence-electron chi connectivity index (χ2n) is 4.49. The molecule has 16 heavy (non-hydrogen) atoms. The van der Waals surface area contributed by atoms with E-state index >= 15 is 0 Å². The minimum absolute atomic E-state index is 0.492. The van der Waals surface area contributed by atoms with Gasteiger partial charge in [-0.15, -0.1) is 0 Å². The summed E-state index contributed by atoms with van der Waals surface area (Å²) in [5.41, 5.74) is 7.27. The van der Waals surface area contributed by atoms with Crippen LogP contribution in [0.3, 0.4) is 0 Å². The molecule has 0 bridgehead atoms. The lowest BCUT2D eigenvalue weighted by Gasteiger charge is -2.40. The maximum absolute atomic E-state index is 5.91. The highest BCUT2D eigenvalue weighted by Gasteiger charge is 2.30. The van der Waals surface area contributed by atoms with Gasteiger partial charge in [0.1, 0.15) is 0 Å². The predicted molar refractivity (Wildman–Crippen MR) is 66.0 cm³/mol. The molecule has 88 valence electrons. The zero-order valence-corrected chi connectivity index (χ0v) is 9.97. The quantitative estimate of drug-likeness (QED) is 0.843. The summed E-state index contributed by atoms with van der Waals surface area (Å²) >= 11 is 0. The third-order valence-electron chi connectivity index (χ3n) is 3.62. The molecule has 3 nitrogen and oxygen atoms in total. The normalized spacial score (nSPS) is 26.9. The van der Waals surface area contributed by atoms with Crippen molar-refractivity contribution in [2.24, 2.45) is 11.7 Å². The van der Waals surface area contributed by atoms with Gasteiger partial charge in [-0.3, -0.25) is 9.88 Å². The Kier molecular flexibility index (Phi) is 3.91. The van der Waals surface area contributed by atoms with Gasteiger partial charge in [0.25, 0.3) is 0 Å². The Hall–Kier alpha value is -0.930. The van der Waals surface area contributed by atoms with Crippen molar-refractivity contribution in [3.63, 3.8) is 0 Å². The predicted octanol–water partition coefficient (Wildman–Crippen LogP) is 1.81. The van der Waals surface area contributed by atoms with Gasteiger partial charge >= 0.3 is 0 Å². The van der Waals surface area contributed by atoms with Crippen LogP contribution < -0.4 is 5.73 Å². The van der Waals surface area contributed by atoms with Crippen LogP contribution in [0.15, 0.2) is 24.5 Å². The molecule has 0 radical (unpaired) electrons. The van der Waals surface area contributed by atoms with E-state index in [1.54, 1.807) is 0 Å². The number of aromatic nitrogens is 1. The van der Waals surface area contributed by atoms with Gasteiger partial charge in [0.05, 0.1) is 0 Å². The highest BCUT2D eigenvalue weighted by molar-refractivity contribution is 5.17. The number of pyridine rings is 1. The number of hydrogen-bond donors (Lipinski definition) is 1. The van der Waals surface area contributed by atoms with Crippen molar-refractivity contribution in [2.75, 3.05) is 19.6 Å². The van der Waals surface area contributed by atoms with Crippen LogP contribution in [0.4, 0.5) is 0 Å². The Balaban J connectivity index is 2.24. The molecule has 1 aromatic rings. The first-order chi connectivity index (χ1) is 7.86. The standard InChI is InChI=1S/C13H21N3/c1-2-16-9-3-4-12(10-14)13(16)11-5-7-15-8-6-11/h5-8,12-13H,2-4,9-10,14H2,1H3.